The van der Waals surface area contributed by atoms with E-state index in [-0.39, 0.29) is 6.42 Å². The molecule has 0 radical (unpaired) electrons. The lowest BCUT2D eigenvalue weighted by molar-refractivity contribution is -0.142. The molecule has 1 unspecified atom stereocenters. The lowest BCUT2D eigenvalue weighted by Gasteiger charge is -2.28. The summed E-state index contributed by atoms with van der Waals surface area (Å²) in [6.45, 7) is 3.41. The van der Waals surface area contributed by atoms with Gasteiger partial charge in [0, 0.05) is 5.54 Å². The summed E-state index contributed by atoms with van der Waals surface area (Å²) in [6.07, 6.45) is 0.382. The van der Waals surface area contributed by atoms with Gasteiger partial charge in [0.2, 0.25) is 0 Å². The van der Waals surface area contributed by atoms with E-state index in [0.717, 1.165) is 6.07 Å². The van der Waals surface area contributed by atoms with Crippen LogP contribution in [0.2, 0.25) is 0 Å². The van der Waals surface area contributed by atoms with E-state index in [1.165, 1.54) is 19.2 Å². The Morgan fingerprint density at radius 2 is 2.00 bits per heavy atom. The third-order valence-electron chi connectivity index (χ3n) is 3.15. The molecule has 0 heterocycles. The summed E-state index contributed by atoms with van der Waals surface area (Å²) in [4.78, 5) is 23.3. The molecule has 0 saturated carbocycles. The lowest BCUT2D eigenvalue weighted by atomic mass is 9.94. The van der Waals surface area contributed by atoms with E-state index in [9.17, 15) is 18.4 Å². The van der Waals surface area contributed by atoms with E-state index in [1.807, 2.05) is 0 Å². The SMILES string of the molecule is CCC(C)(CC(=O)OC)NC(=O)c1cccc(F)c1F. The number of methoxy groups -OCH3 is 1. The van der Waals surface area contributed by atoms with Crippen molar-refractivity contribution in [3.63, 3.8) is 0 Å². The molecule has 1 aromatic rings. The highest BCUT2D eigenvalue weighted by atomic mass is 19.2. The number of nitrogens with one attached hydrogen (secondary N) is 1. The first kappa shape index (κ1) is 16.1. The van der Waals surface area contributed by atoms with Crippen molar-refractivity contribution >= 4 is 11.9 Å². The number of hydrogen-bond donors (Lipinski definition) is 1. The molecule has 0 aliphatic carbocycles. The van der Waals surface area contributed by atoms with Crippen molar-refractivity contribution in [2.45, 2.75) is 32.2 Å². The highest BCUT2D eigenvalue weighted by Crippen LogP contribution is 2.18. The topological polar surface area (TPSA) is 55.4 Å². The number of benzene rings is 1. The molecule has 0 spiro atoms. The minimum atomic E-state index is -1.21. The zero-order chi connectivity index (χ0) is 15.3. The van der Waals surface area contributed by atoms with Gasteiger partial charge >= 0.3 is 5.97 Å². The van der Waals surface area contributed by atoms with Crippen LogP contribution in [0.5, 0.6) is 0 Å². The second kappa shape index (κ2) is 6.45. The number of hydrogen-bond acceptors (Lipinski definition) is 3. The lowest BCUT2D eigenvalue weighted by Crippen LogP contribution is -2.47. The van der Waals surface area contributed by atoms with Gasteiger partial charge in [-0.1, -0.05) is 13.0 Å². The number of halogens is 2. The maximum absolute atomic E-state index is 13.5. The molecule has 0 aliphatic rings. The van der Waals surface area contributed by atoms with Crippen LogP contribution in [0.25, 0.3) is 0 Å². The van der Waals surface area contributed by atoms with Crippen LogP contribution in [0.4, 0.5) is 8.78 Å². The Morgan fingerprint density at radius 3 is 2.55 bits per heavy atom. The average Bonchev–Trinajstić information content (AvgIpc) is 2.41. The van der Waals surface area contributed by atoms with Crippen molar-refractivity contribution in [1.29, 1.82) is 0 Å². The molecule has 6 heteroatoms. The van der Waals surface area contributed by atoms with Gasteiger partial charge in [0.25, 0.3) is 5.91 Å². The van der Waals surface area contributed by atoms with Crippen LogP contribution in [-0.2, 0) is 9.53 Å². The van der Waals surface area contributed by atoms with Crippen LogP contribution in [0, 0.1) is 11.6 Å². The highest BCUT2D eigenvalue weighted by molar-refractivity contribution is 5.95. The van der Waals surface area contributed by atoms with E-state index < -0.39 is 34.6 Å². The van der Waals surface area contributed by atoms with E-state index in [2.05, 4.69) is 10.1 Å². The summed E-state index contributed by atoms with van der Waals surface area (Å²) < 4.78 is 31.2. The molecule has 0 fully saturated rings. The maximum Gasteiger partial charge on any atom is 0.307 e. The first-order valence-electron chi connectivity index (χ1n) is 6.16. The van der Waals surface area contributed by atoms with Gasteiger partial charge in [0.05, 0.1) is 19.1 Å². The molecule has 1 amide bonds. The second-order valence-corrected chi connectivity index (χ2v) is 4.72. The van der Waals surface area contributed by atoms with Crippen LogP contribution in [0.3, 0.4) is 0 Å². The normalized spacial score (nSPS) is 13.4. The summed E-state index contributed by atoms with van der Waals surface area (Å²) in [5.74, 6) is -3.56. The standard InChI is InChI=1S/C14H17F2NO3/c1-4-14(2,8-11(18)20-3)17-13(19)9-6-5-7-10(15)12(9)16/h5-7H,4,8H2,1-3H3,(H,17,19). The molecule has 4 nitrogen and oxygen atoms in total. The summed E-state index contributed by atoms with van der Waals surface area (Å²) in [7, 11) is 1.24. The van der Waals surface area contributed by atoms with Crippen molar-refractivity contribution < 1.29 is 23.1 Å². The zero-order valence-corrected chi connectivity index (χ0v) is 11.6. The molecular weight excluding hydrogens is 268 g/mol. The van der Waals surface area contributed by atoms with E-state index in [0.29, 0.717) is 6.42 Å². The number of ether oxygens (including phenoxy) is 1. The summed E-state index contributed by atoms with van der Waals surface area (Å²) in [6, 6.07) is 3.36. The number of rotatable bonds is 5. The molecule has 20 heavy (non-hydrogen) atoms. The van der Waals surface area contributed by atoms with E-state index in [4.69, 9.17) is 0 Å². The van der Waals surface area contributed by atoms with Gasteiger partial charge in [-0.15, -0.1) is 0 Å². The molecule has 0 saturated heterocycles. The predicted molar refractivity (Wildman–Crippen MR) is 69.2 cm³/mol. The van der Waals surface area contributed by atoms with Crippen molar-refractivity contribution in [3.05, 3.63) is 35.4 Å². The van der Waals surface area contributed by atoms with Crippen LogP contribution in [0.1, 0.15) is 37.0 Å². The van der Waals surface area contributed by atoms with Crippen molar-refractivity contribution in [2.75, 3.05) is 7.11 Å². The quantitative estimate of drug-likeness (QED) is 0.845. The maximum atomic E-state index is 13.5. The smallest absolute Gasteiger partial charge is 0.307 e. The number of esters is 1. The van der Waals surface area contributed by atoms with Crippen molar-refractivity contribution in [3.8, 4) is 0 Å². The first-order valence-corrected chi connectivity index (χ1v) is 6.16. The van der Waals surface area contributed by atoms with Gasteiger partial charge < -0.3 is 10.1 Å². The first-order chi connectivity index (χ1) is 9.33. The molecule has 1 aromatic carbocycles. The number of carbonyl (C=O) groups is 2. The van der Waals surface area contributed by atoms with Crippen LogP contribution in [-0.4, -0.2) is 24.5 Å². The van der Waals surface area contributed by atoms with E-state index >= 15 is 0 Å². The fourth-order valence-corrected chi connectivity index (χ4v) is 1.67. The fourth-order valence-electron chi connectivity index (χ4n) is 1.67. The van der Waals surface area contributed by atoms with Gasteiger partial charge in [0.15, 0.2) is 11.6 Å². The predicted octanol–water partition coefficient (Wildman–Crippen LogP) is 2.43. The molecule has 0 aromatic heterocycles. The summed E-state index contributed by atoms with van der Waals surface area (Å²) in [5, 5.41) is 2.55. The monoisotopic (exact) mass is 285 g/mol. The third kappa shape index (κ3) is 3.76. The fraction of sp³-hybridized carbons (Fsp3) is 0.429. The van der Waals surface area contributed by atoms with Crippen molar-refractivity contribution in [2.24, 2.45) is 0 Å². The summed E-state index contributed by atoms with van der Waals surface area (Å²) >= 11 is 0. The Morgan fingerprint density at radius 1 is 1.35 bits per heavy atom. The van der Waals surface area contributed by atoms with Gasteiger partial charge in [-0.2, -0.15) is 0 Å². The largest absolute Gasteiger partial charge is 0.469 e. The molecule has 1 atom stereocenters. The molecule has 1 rings (SSSR count). The van der Waals surface area contributed by atoms with Crippen LogP contribution >= 0.6 is 0 Å². The molecule has 0 bridgehead atoms. The van der Waals surface area contributed by atoms with Crippen LogP contribution < -0.4 is 5.32 Å². The Kier molecular flexibility index (Phi) is 5.19. The molecular formula is C14H17F2NO3. The highest BCUT2D eigenvalue weighted by Gasteiger charge is 2.29. The van der Waals surface area contributed by atoms with Crippen molar-refractivity contribution in [1.82, 2.24) is 5.32 Å². The Bertz CT molecular complexity index is 519. The van der Waals surface area contributed by atoms with Gasteiger partial charge in [0.1, 0.15) is 0 Å². The summed E-state index contributed by atoms with van der Waals surface area (Å²) in [5.41, 5.74) is -1.28. The van der Waals surface area contributed by atoms with Gasteiger partial charge in [-0.3, -0.25) is 9.59 Å². The van der Waals surface area contributed by atoms with Gasteiger partial charge in [-0.25, -0.2) is 8.78 Å². The number of carbonyl (C=O) groups excluding carboxylic acids is 2. The third-order valence-corrected chi connectivity index (χ3v) is 3.15. The average molecular weight is 285 g/mol. The zero-order valence-electron chi connectivity index (χ0n) is 11.6. The molecule has 1 N–H and O–H groups in total. The minimum Gasteiger partial charge on any atom is -0.469 e. The number of amides is 1. The second-order valence-electron chi connectivity index (χ2n) is 4.72. The minimum absolute atomic E-state index is 0.0529. The molecule has 0 aliphatic heterocycles. The Balaban J connectivity index is 2.92. The Labute approximate surface area is 116 Å². The Hall–Kier alpha value is -1.98. The molecule has 110 valence electrons. The van der Waals surface area contributed by atoms with Crippen LogP contribution in [0.15, 0.2) is 18.2 Å². The van der Waals surface area contributed by atoms with Gasteiger partial charge in [-0.05, 0) is 25.5 Å². The van der Waals surface area contributed by atoms with E-state index in [1.54, 1.807) is 13.8 Å².